The molecule has 8 nitrogen and oxygen atoms in total. The number of thiophene rings is 2. The second-order valence-electron chi connectivity index (χ2n) is 8.46. The van der Waals surface area contributed by atoms with E-state index >= 15 is 0 Å². The SMILES string of the molecule is Cc1cc(C)n(Cc2ccc(C(=O)Nc3c(C(N)=O)sc4nc(C(F)F)cc(-c5ccc(C)s5)c34)o2)n1. The maximum atomic E-state index is 13.6. The van der Waals surface area contributed by atoms with Crippen molar-refractivity contribution in [2.75, 3.05) is 5.32 Å². The zero-order valence-electron chi connectivity index (χ0n) is 20.0. The summed E-state index contributed by atoms with van der Waals surface area (Å²) in [5.74, 6) is -0.903. The second-order valence-corrected chi connectivity index (χ2v) is 10.7. The number of nitrogens with one attached hydrogen (secondary N) is 1. The fourth-order valence-electron chi connectivity index (χ4n) is 4.04. The number of amides is 2. The largest absolute Gasteiger partial charge is 0.454 e. The summed E-state index contributed by atoms with van der Waals surface area (Å²) in [5.41, 5.74) is 7.54. The predicted molar refractivity (Wildman–Crippen MR) is 139 cm³/mol. The van der Waals surface area contributed by atoms with Gasteiger partial charge in [0, 0.05) is 26.4 Å². The molecule has 0 saturated carbocycles. The number of carbonyl (C=O) groups excluding carboxylic acids is 2. The standard InChI is InChI=1S/C25H21F2N5O3S2/c1-11-8-12(2)32(31-11)10-14-5-6-17(35-14)24(34)30-20-19-15(18-7-4-13(3)36-18)9-16(22(26)27)29-25(19)37-21(20)23(28)33/h4-9,22H,10H2,1-3H3,(H2,28,33)(H,30,34). The number of hydrogen-bond acceptors (Lipinski definition) is 7. The Bertz CT molecular complexity index is 1660. The number of pyridine rings is 1. The Balaban J connectivity index is 1.55. The summed E-state index contributed by atoms with van der Waals surface area (Å²) in [6.45, 7) is 6.04. The van der Waals surface area contributed by atoms with E-state index in [9.17, 15) is 18.4 Å². The van der Waals surface area contributed by atoms with Gasteiger partial charge in [0.15, 0.2) is 5.76 Å². The van der Waals surface area contributed by atoms with Gasteiger partial charge in [-0.25, -0.2) is 13.8 Å². The number of hydrogen-bond donors (Lipinski definition) is 2. The molecule has 0 bridgehead atoms. The number of alkyl halides is 2. The third kappa shape index (κ3) is 4.77. The number of carbonyl (C=O) groups is 2. The quantitative estimate of drug-likeness (QED) is 0.259. The summed E-state index contributed by atoms with van der Waals surface area (Å²) < 4.78 is 34.8. The molecular formula is C25H21F2N5O3S2. The first-order chi connectivity index (χ1) is 17.6. The van der Waals surface area contributed by atoms with E-state index in [0.29, 0.717) is 28.1 Å². The molecule has 0 fully saturated rings. The van der Waals surface area contributed by atoms with Gasteiger partial charge < -0.3 is 15.5 Å². The first kappa shape index (κ1) is 24.8. The summed E-state index contributed by atoms with van der Waals surface area (Å²) >= 11 is 2.26. The minimum Gasteiger partial charge on any atom is -0.454 e. The molecule has 0 aliphatic carbocycles. The zero-order chi connectivity index (χ0) is 26.4. The summed E-state index contributed by atoms with van der Waals surface area (Å²) in [6, 6.07) is 10.1. The van der Waals surface area contributed by atoms with Crippen molar-refractivity contribution in [3.63, 3.8) is 0 Å². The average Bonchev–Trinajstić information content (AvgIpc) is 3.61. The van der Waals surface area contributed by atoms with Gasteiger partial charge in [-0.2, -0.15) is 5.10 Å². The van der Waals surface area contributed by atoms with Crippen LogP contribution >= 0.6 is 22.7 Å². The van der Waals surface area contributed by atoms with E-state index < -0.39 is 23.9 Å². The number of nitrogens with zero attached hydrogens (tertiary/aromatic N) is 3. The molecule has 0 unspecified atom stereocenters. The Kier molecular flexibility index (Phi) is 6.38. The monoisotopic (exact) mass is 541 g/mol. The van der Waals surface area contributed by atoms with Crippen LogP contribution in [0.15, 0.2) is 40.8 Å². The maximum absolute atomic E-state index is 13.6. The number of halogens is 2. The number of anilines is 1. The molecule has 0 saturated heterocycles. The van der Waals surface area contributed by atoms with Crippen LogP contribution in [0.4, 0.5) is 14.5 Å². The van der Waals surface area contributed by atoms with E-state index in [-0.39, 0.29) is 21.2 Å². The van der Waals surface area contributed by atoms with Crippen LogP contribution < -0.4 is 11.1 Å². The molecule has 37 heavy (non-hydrogen) atoms. The van der Waals surface area contributed by atoms with E-state index in [1.165, 1.54) is 23.5 Å². The smallest absolute Gasteiger partial charge is 0.291 e. The molecular weight excluding hydrogens is 520 g/mol. The van der Waals surface area contributed by atoms with Gasteiger partial charge in [-0.3, -0.25) is 14.3 Å². The fourth-order valence-corrected chi connectivity index (χ4v) is 5.94. The van der Waals surface area contributed by atoms with Crippen LogP contribution in [0.3, 0.4) is 0 Å². The number of nitrogens with two attached hydrogens (primary N) is 1. The number of aromatic nitrogens is 3. The van der Waals surface area contributed by atoms with Gasteiger partial charge in [-0.1, -0.05) is 0 Å². The van der Waals surface area contributed by atoms with Crippen molar-refractivity contribution in [3.05, 3.63) is 74.8 Å². The van der Waals surface area contributed by atoms with Crippen LogP contribution in [-0.4, -0.2) is 26.6 Å². The first-order valence-corrected chi connectivity index (χ1v) is 12.8. The lowest BCUT2D eigenvalue weighted by molar-refractivity contribution is 0.0994. The molecule has 5 aromatic heterocycles. The van der Waals surface area contributed by atoms with Gasteiger partial charge >= 0.3 is 0 Å². The molecule has 2 amide bonds. The molecule has 0 atom stereocenters. The number of rotatable bonds is 7. The molecule has 0 radical (unpaired) electrons. The molecule has 5 heterocycles. The number of aryl methyl sites for hydroxylation is 3. The summed E-state index contributed by atoms with van der Waals surface area (Å²) in [4.78, 5) is 31.4. The van der Waals surface area contributed by atoms with Gasteiger partial charge in [0.2, 0.25) is 0 Å². The van der Waals surface area contributed by atoms with Crippen LogP contribution in [0.5, 0.6) is 0 Å². The predicted octanol–water partition coefficient (Wildman–Crippen LogP) is 6.08. The van der Waals surface area contributed by atoms with E-state index in [4.69, 9.17) is 10.2 Å². The van der Waals surface area contributed by atoms with E-state index in [0.717, 1.165) is 27.6 Å². The molecule has 0 aromatic carbocycles. The molecule has 12 heteroatoms. The average molecular weight is 542 g/mol. The van der Waals surface area contributed by atoms with Crippen molar-refractivity contribution >= 4 is 50.4 Å². The summed E-state index contributed by atoms with van der Waals surface area (Å²) in [6.07, 6.45) is -2.81. The number of primary amides is 1. The van der Waals surface area contributed by atoms with Crippen molar-refractivity contribution in [1.29, 1.82) is 0 Å². The highest BCUT2D eigenvalue weighted by atomic mass is 32.1. The highest BCUT2D eigenvalue weighted by molar-refractivity contribution is 7.21. The van der Waals surface area contributed by atoms with Crippen LogP contribution in [0.1, 0.15) is 54.4 Å². The Morgan fingerprint density at radius 2 is 1.92 bits per heavy atom. The lowest BCUT2D eigenvalue weighted by Gasteiger charge is -2.09. The lowest BCUT2D eigenvalue weighted by atomic mass is 10.1. The molecule has 0 aliphatic rings. The van der Waals surface area contributed by atoms with E-state index in [1.54, 1.807) is 16.8 Å². The molecule has 5 aromatic rings. The van der Waals surface area contributed by atoms with Crippen molar-refractivity contribution < 1.29 is 22.8 Å². The molecule has 0 aliphatic heterocycles. The highest BCUT2D eigenvalue weighted by Gasteiger charge is 2.26. The lowest BCUT2D eigenvalue weighted by Crippen LogP contribution is -2.16. The number of fused-ring (bicyclic) bond motifs is 1. The third-order valence-corrected chi connectivity index (χ3v) is 7.80. The van der Waals surface area contributed by atoms with Gasteiger partial charge in [0.05, 0.1) is 17.9 Å². The minimum atomic E-state index is -2.81. The topological polar surface area (TPSA) is 116 Å². The highest BCUT2D eigenvalue weighted by Crippen LogP contribution is 2.44. The van der Waals surface area contributed by atoms with Crippen molar-refractivity contribution in [3.8, 4) is 10.4 Å². The van der Waals surface area contributed by atoms with Crippen molar-refractivity contribution in [2.24, 2.45) is 5.73 Å². The third-order valence-electron chi connectivity index (χ3n) is 5.67. The zero-order valence-corrected chi connectivity index (χ0v) is 21.6. The molecule has 0 spiro atoms. The van der Waals surface area contributed by atoms with E-state index in [2.05, 4.69) is 15.4 Å². The van der Waals surface area contributed by atoms with Crippen LogP contribution in [-0.2, 0) is 6.54 Å². The minimum absolute atomic E-state index is 0.00575. The Morgan fingerprint density at radius 3 is 2.54 bits per heavy atom. The Labute approximate surface area is 217 Å². The molecule has 3 N–H and O–H groups in total. The van der Waals surface area contributed by atoms with Crippen molar-refractivity contribution in [1.82, 2.24) is 14.8 Å². The van der Waals surface area contributed by atoms with Gasteiger partial charge in [-0.15, -0.1) is 22.7 Å². The fraction of sp³-hybridized carbons (Fsp3) is 0.200. The molecule has 190 valence electrons. The van der Waals surface area contributed by atoms with Gasteiger partial charge in [-0.05, 0) is 57.2 Å². The first-order valence-electron chi connectivity index (χ1n) is 11.1. The second kappa shape index (κ2) is 9.52. The van der Waals surface area contributed by atoms with Gasteiger partial charge in [0.1, 0.15) is 21.2 Å². The van der Waals surface area contributed by atoms with Crippen LogP contribution in [0, 0.1) is 20.8 Å². The van der Waals surface area contributed by atoms with Gasteiger partial charge in [0.25, 0.3) is 18.2 Å². The van der Waals surface area contributed by atoms with Crippen LogP contribution in [0.25, 0.3) is 20.7 Å². The van der Waals surface area contributed by atoms with Crippen LogP contribution in [0.2, 0.25) is 0 Å². The normalized spacial score (nSPS) is 11.5. The summed E-state index contributed by atoms with van der Waals surface area (Å²) in [5, 5.41) is 7.48. The molecule has 5 rings (SSSR count). The summed E-state index contributed by atoms with van der Waals surface area (Å²) in [7, 11) is 0. The van der Waals surface area contributed by atoms with Crippen molar-refractivity contribution in [2.45, 2.75) is 33.7 Å². The van der Waals surface area contributed by atoms with E-state index in [1.807, 2.05) is 32.9 Å². The Hall–Kier alpha value is -3.90. The number of furan rings is 1. The maximum Gasteiger partial charge on any atom is 0.291 e. The Morgan fingerprint density at radius 1 is 1.14 bits per heavy atom.